The van der Waals surface area contributed by atoms with Crippen molar-refractivity contribution in [3.8, 4) is 10.6 Å². The van der Waals surface area contributed by atoms with Gasteiger partial charge in [-0.25, -0.2) is 9.78 Å². The number of amides is 1. The molecule has 5 nitrogen and oxygen atoms in total. The van der Waals surface area contributed by atoms with Crippen molar-refractivity contribution in [2.75, 3.05) is 6.61 Å². The number of esters is 1. The standard InChI is InChI=1S/C19H22N2O3S/c1-13-7-6-8-14(2)21(13)17(22)11-24-19(23)16-12-25-18(20-16)15-9-4-3-5-10-15/h3-5,9-10,12-14H,6-8,11H2,1-2H3/t13-,14-/m0/s1. The summed E-state index contributed by atoms with van der Waals surface area (Å²) in [5.74, 6) is -0.685. The molecule has 1 aliphatic rings. The molecular formula is C19H22N2O3S. The maximum absolute atomic E-state index is 12.4. The number of ether oxygens (including phenoxy) is 1. The van der Waals surface area contributed by atoms with Gasteiger partial charge in [-0.2, -0.15) is 0 Å². The SMILES string of the molecule is C[C@H]1CCC[C@H](C)N1C(=O)COC(=O)c1csc(-c2ccccc2)n1. The molecule has 0 unspecified atom stereocenters. The zero-order chi connectivity index (χ0) is 17.8. The smallest absolute Gasteiger partial charge is 0.358 e. The van der Waals surface area contributed by atoms with E-state index < -0.39 is 5.97 Å². The number of hydrogen-bond donors (Lipinski definition) is 0. The molecule has 3 rings (SSSR count). The Kier molecular flexibility index (Phi) is 5.48. The molecular weight excluding hydrogens is 336 g/mol. The van der Waals surface area contributed by atoms with Gasteiger partial charge < -0.3 is 9.64 Å². The van der Waals surface area contributed by atoms with Crippen molar-refractivity contribution in [1.82, 2.24) is 9.88 Å². The second kappa shape index (κ2) is 7.78. The van der Waals surface area contributed by atoms with Crippen molar-refractivity contribution in [2.45, 2.75) is 45.2 Å². The summed E-state index contributed by atoms with van der Waals surface area (Å²) in [7, 11) is 0. The minimum Gasteiger partial charge on any atom is -0.451 e. The van der Waals surface area contributed by atoms with E-state index in [1.807, 2.05) is 49.1 Å². The van der Waals surface area contributed by atoms with Crippen molar-refractivity contribution in [3.05, 3.63) is 41.4 Å². The zero-order valence-electron chi connectivity index (χ0n) is 14.5. The van der Waals surface area contributed by atoms with Crippen LogP contribution in [0.2, 0.25) is 0 Å². The van der Waals surface area contributed by atoms with E-state index >= 15 is 0 Å². The van der Waals surface area contributed by atoms with E-state index in [9.17, 15) is 9.59 Å². The Morgan fingerprint density at radius 2 is 1.88 bits per heavy atom. The third-order valence-electron chi connectivity index (χ3n) is 4.54. The van der Waals surface area contributed by atoms with Crippen LogP contribution < -0.4 is 0 Å². The van der Waals surface area contributed by atoms with Gasteiger partial charge >= 0.3 is 5.97 Å². The molecule has 25 heavy (non-hydrogen) atoms. The number of carbonyl (C=O) groups excluding carboxylic acids is 2. The minimum absolute atomic E-state index is 0.133. The summed E-state index contributed by atoms with van der Waals surface area (Å²) in [6.45, 7) is 3.86. The monoisotopic (exact) mass is 358 g/mol. The summed E-state index contributed by atoms with van der Waals surface area (Å²) >= 11 is 1.39. The van der Waals surface area contributed by atoms with Gasteiger partial charge in [-0.3, -0.25) is 4.79 Å². The molecule has 1 aromatic carbocycles. The number of piperidine rings is 1. The van der Waals surface area contributed by atoms with Gasteiger partial charge in [-0.05, 0) is 33.1 Å². The van der Waals surface area contributed by atoms with Gasteiger partial charge in [0.2, 0.25) is 0 Å². The molecule has 1 amide bonds. The first-order valence-corrected chi connectivity index (χ1v) is 9.43. The van der Waals surface area contributed by atoms with Crippen LogP contribution in [0.3, 0.4) is 0 Å². The molecule has 0 saturated carbocycles. The molecule has 2 heterocycles. The Morgan fingerprint density at radius 1 is 1.20 bits per heavy atom. The van der Waals surface area contributed by atoms with Gasteiger partial charge in [0.05, 0.1) is 0 Å². The maximum Gasteiger partial charge on any atom is 0.358 e. The van der Waals surface area contributed by atoms with E-state index in [-0.39, 0.29) is 30.3 Å². The molecule has 2 atom stereocenters. The number of aromatic nitrogens is 1. The van der Waals surface area contributed by atoms with Crippen LogP contribution in [-0.2, 0) is 9.53 Å². The summed E-state index contributed by atoms with van der Waals surface area (Å²) in [5.41, 5.74) is 1.20. The molecule has 132 valence electrons. The van der Waals surface area contributed by atoms with E-state index in [1.54, 1.807) is 5.38 Å². The van der Waals surface area contributed by atoms with Crippen molar-refractivity contribution < 1.29 is 14.3 Å². The highest BCUT2D eigenvalue weighted by molar-refractivity contribution is 7.13. The molecule has 6 heteroatoms. The van der Waals surface area contributed by atoms with Gasteiger partial charge in [-0.15, -0.1) is 11.3 Å². The van der Waals surface area contributed by atoms with Crippen LogP contribution in [0.15, 0.2) is 35.7 Å². The quantitative estimate of drug-likeness (QED) is 0.781. The molecule has 0 radical (unpaired) electrons. The number of likely N-dealkylation sites (tertiary alicyclic amines) is 1. The molecule has 1 aromatic heterocycles. The van der Waals surface area contributed by atoms with Gasteiger partial charge in [0.15, 0.2) is 12.3 Å². The molecule has 0 bridgehead atoms. The number of hydrogen-bond acceptors (Lipinski definition) is 5. The lowest BCUT2D eigenvalue weighted by atomic mass is 9.97. The number of nitrogens with zero attached hydrogens (tertiary/aromatic N) is 2. The van der Waals surface area contributed by atoms with Crippen LogP contribution in [0.4, 0.5) is 0 Å². The number of thiazole rings is 1. The molecule has 0 N–H and O–H groups in total. The Bertz CT molecular complexity index is 734. The molecule has 1 saturated heterocycles. The highest BCUT2D eigenvalue weighted by Crippen LogP contribution is 2.24. The Hall–Kier alpha value is -2.21. The van der Waals surface area contributed by atoms with Crippen LogP contribution in [0.25, 0.3) is 10.6 Å². The topological polar surface area (TPSA) is 59.5 Å². The van der Waals surface area contributed by atoms with Crippen molar-refractivity contribution >= 4 is 23.2 Å². The average molecular weight is 358 g/mol. The zero-order valence-corrected chi connectivity index (χ0v) is 15.3. The van der Waals surface area contributed by atoms with E-state index in [0.29, 0.717) is 0 Å². The summed E-state index contributed by atoms with van der Waals surface area (Å²) in [6, 6.07) is 10.0. The van der Waals surface area contributed by atoms with Crippen LogP contribution >= 0.6 is 11.3 Å². The Labute approximate surface area is 151 Å². The predicted molar refractivity (Wildman–Crippen MR) is 97.5 cm³/mol. The summed E-state index contributed by atoms with van der Waals surface area (Å²) in [5, 5.41) is 2.43. The number of benzene rings is 1. The van der Waals surface area contributed by atoms with Crippen LogP contribution in [-0.4, -0.2) is 40.5 Å². The first-order valence-electron chi connectivity index (χ1n) is 8.55. The van der Waals surface area contributed by atoms with Gasteiger partial charge in [0.25, 0.3) is 5.91 Å². The molecule has 2 aromatic rings. The minimum atomic E-state index is -0.552. The average Bonchev–Trinajstić information content (AvgIpc) is 3.10. The highest BCUT2D eigenvalue weighted by atomic mass is 32.1. The summed E-state index contributed by atoms with van der Waals surface area (Å²) in [6.07, 6.45) is 3.13. The lowest BCUT2D eigenvalue weighted by molar-refractivity contribution is -0.140. The van der Waals surface area contributed by atoms with Crippen LogP contribution in [0.1, 0.15) is 43.6 Å². The summed E-state index contributed by atoms with van der Waals surface area (Å²) in [4.78, 5) is 30.8. The van der Waals surface area contributed by atoms with Gasteiger partial charge in [0, 0.05) is 23.0 Å². The number of rotatable bonds is 4. The van der Waals surface area contributed by atoms with Gasteiger partial charge in [-0.1, -0.05) is 30.3 Å². The lowest BCUT2D eigenvalue weighted by Gasteiger charge is -2.38. The molecule has 0 aliphatic carbocycles. The fourth-order valence-electron chi connectivity index (χ4n) is 3.27. The second-order valence-electron chi connectivity index (χ2n) is 6.41. The molecule has 1 aliphatic heterocycles. The van der Waals surface area contributed by atoms with E-state index in [0.717, 1.165) is 29.8 Å². The Morgan fingerprint density at radius 3 is 2.56 bits per heavy atom. The van der Waals surface area contributed by atoms with E-state index in [4.69, 9.17) is 4.74 Å². The molecule has 0 spiro atoms. The number of carbonyl (C=O) groups is 2. The third-order valence-corrected chi connectivity index (χ3v) is 5.43. The van der Waals surface area contributed by atoms with Gasteiger partial charge in [0.1, 0.15) is 5.01 Å². The first kappa shape index (κ1) is 17.6. The van der Waals surface area contributed by atoms with Crippen molar-refractivity contribution in [3.63, 3.8) is 0 Å². The van der Waals surface area contributed by atoms with Crippen molar-refractivity contribution in [1.29, 1.82) is 0 Å². The summed E-state index contributed by atoms with van der Waals surface area (Å²) < 4.78 is 5.20. The fourth-order valence-corrected chi connectivity index (χ4v) is 4.06. The highest BCUT2D eigenvalue weighted by Gasteiger charge is 2.29. The van der Waals surface area contributed by atoms with Crippen LogP contribution in [0.5, 0.6) is 0 Å². The third kappa shape index (κ3) is 4.07. The predicted octanol–water partition coefficient (Wildman–Crippen LogP) is 3.76. The van der Waals surface area contributed by atoms with E-state index in [1.165, 1.54) is 11.3 Å². The van der Waals surface area contributed by atoms with Crippen molar-refractivity contribution in [2.24, 2.45) is 0 Å². The normalized spacial score (nSPS) is 20.3. The lowest BCUT2D eigenvalue weighted by Crippen LogP contribution is -2.49. The fraction of sp³-hybridized carbons (Fsp3) is 0.421. The second-order valence-corrected chi connectivity index (χ2v) is 7.27. The van der Waals surface area contributed by atoms with E-state index in [2.05, 4.69) is 4.98 Å². The molecule has 1 fully saturated rings. The Balaban J connectivity index is 1.59. The maximum atomic E-state index is 12.4. The largest absolute Gasteiger partial charge is 0.451 e. The van der Waals surface area contributed by atoms with Crippen LogP contribution in [0, 0.1) is 0 Å². The first-order chi connectivity index (χ1) is 12.1.